The highest BCUT2D eigenvalue weighted by atomic mass is 16.3. The van der Waals surface area contributed by atoms with Crippen molar-refractivity contribution in [1.29, 1.82) is 0 Å². The number of hydrogen-bond acceptors (Lipinski definition) is 4. The quantitative estimate of drug-likeness (QED) is 0.669. The highest BCUT2D eigenvalue weighted by molar-refractivity contribution is 5.97. The number of hydrogen-bond donors (Lipinski definition) is 2. The third kappa shape index (κ3) is 2.97. The molecule has 21 heavy (non-hydrogen) atoms. The van der Waals surface area contributed by atoms with Crippen molar-refractivity contribution < 1.29 is 14.3 Å². The maximum atomic E-state index is 11.8. The molecular formula is C16H16N2O3. The fourth-order valence-corrected chi connectivity index (χ4v) is 2.24. The molecule has 0 bridgehead atoms. The van der Waals surface area contributed by atoms with Gasteiger partial charge in [0.2, 0.25) is 0 Å². The summed E-state index contributed by atoms with van der Waals surface area (Å²) in [6, 6.07) is 10.1. The Hall–Kier alpha value is -2.56. The SMILES string of the molecule is C[C@@H]1C[C@@H]1c1ccc(/C=N\NC(=O)c2ccccc2O)o1. The number of aromatic hydroxyl groups is 1. The molecule has 1 aromatic heterocycles. The summed E-state index contributed by atoms with van der Waals surface area (Å²) >= 11 is 0. The van der Waals surface area contributed by atoms with Gasteiger partial charge in [0.15, 0.2) is 0 Å². The molecule has 108 valence electrons. The molecule has 0 spiro atoms. The van der Waals surface area contributed by atoms with Crippen LogP contribution in [-0.2, 0) is 0 Å². The number of furan rings is 1. The molecule has 1 fully saturated rings. The number of para-hydroxylation sites is 1. The lowest BCUT2D eigenvalue weighted by molar-refractivity contribution is 0.0952. The van der Waals surface area contributed by atoms with Crippen LogP contribution in [0, 0.1) is 5.92 Å². The maximum Gasteiger partial charge on any atom is 0.275 e. The predicted molar refractivity (Wildman–Crippen MR) is 78.4 cm³/mol. The number of carbonyl (C=O) groups excluding carboxylic acids is 1. The first-order valence-electron chi connectivity index (χ1n) is 6.86. The van der Waals surface area contributed by atoms with Crippen LogP contribution >= 0.6 is 0 Å². The van der Waals surface area contributed by atoms with Crippen LogP contribution in [-0.4, -0.2) is 17.2 Å². The van der Waals surface area contributed by atoms with Gasteiger partial charge in [-0.2, -0.15) is 5.10 Å². The van der Waals surface area contributed by atoms with Gasteiger partial charge in [0, 0.05) is 5.92 Å². The smallest absolute Gasteiger partial charge is 0.275 e. The molecule has 5 nitrogen and oxygen atoms in total. The normalized spacial score (nSPS) is 20.6. The van der Waals surface area contributed by atoms with Crippen LogP contribution in [0.5, 0.6) is 5.75 Å². The van der Waals surface area contributed by atoms with Crippen LogP contribution in [0.15, 0.2) is 45.9 Å². The van der Waals surface area contributed by atoms with Crippen LogP contribution in [0.1, 0.15) is 41.1 Å². The molecule has 0 saturated heterocycles. The second-order valence-corrected chi connectivity index (χ2v) is 5.28. The number of phenols is 1. The van der Waals surface area contributed by atoms with E-state index >= 15 is 0 Å². The Balaban J connectivity index is 1.61. The van der Waals surface area contributed by atoms with Gasteiger partial charge in [0.1, 0.15) is 17.3 Å². The molecule has 1 saturated carbocycles. The highest BCUT2D eigenvalue weighted by Gasteiger charge is 2.36. The average molecular weight is 284 g/mol. The molecule has 2 atom stereocenters. The standard InChI is InChI=1S/C16H16N2O3/c1-10-8-13(10)15-7-6-11(21-15)9-17-18-16(20)12-4-2-3-5-14(12)19/h2-7,9-10,13,19H,8H2,1H3,(H,18,20)/b17-9-/t10-,13+/m1/s1. The van der Waals surface area contributed by atoms with E-state index in [0.29, 0.717) is 17.6 Å². The van der Waals surface area contributed by atoms with Crippen molar-refractivity contribution in [2.75, 3.05) is 0 Å². The van der Waals surface area contributed by atoms with Crippen LogP contribution in [0.2, 0.25) is 0 Å². The summed E-state index contributed by atoms with van der Waals surface area (Å²) in [5.41, 5.74) is 2.54. The van der Waals surface area contributed by atoms with Crippen LogP contribution in [0.25, 0.3) is 0 Å². The fraction of sp³-hybridized carbons (Fsp3) is 0.250. The lowest BCUT2D eigenvalue weighted by Crippen LogP contribution is -2.17. The summed E-state index contributed by atoms with van der Waals surface area (Å²) in [7, 11) is 0. The minimum Gasteiger partial charge on any atom is -0.507 e. The summed E-state index contributed by atoms with van der Waals surface area (Å²) in [5.74, 6) is 2.22. The number of nitrogens with one attached hydrogen (secondary N) is 1. The summed E-state index contributed by atoms with van der Waals surface area (Å²) in [6.45, 7) is 2.19. The van der Waals surface area contributed by atoms with Gasteiger partial charge >= 0.3 is 0 Å². The second kappa shape index (κ2) is 5.44. The first-order valence-corrected chi connectivity index (χ1v) is 6.86. The lowest BCUT2D eigenvalue weighted by atomic mass is 10.2. The summed E-state index contributed by atoms with van der Waals surface area (Å²) in [5, 5.41) is 13.4. The number of phenolic OH excluding ortho intramolecular Hbond substituents is 1. The zero-order valence-corrected chi connectivity index (χ0v) is 11.6. The second-order valence-electron chi connectivity index (χ2n) is 5.28. The van der Waals surface area contributed by atoms with Crippen molar-refractivity contribution in [3.63, 3.8) is 0 Å². The number of benzene rings is 1. The van der Waals surface area contributed by atoms with E-state index in [2.05, 4.69) is 17.5 Å². The maximum absolute atomic E-state index is 11.8. The Bertz CT molecular complexity index is 690. The average Bonchev–Trinajstić information content (AvgIpc) is 3.01. The molecule has 3 rings (SSSR count). The molecule has 0 unspecified atom stereocenters. The fourth-order valence-electron chi connectivity index (χ4n) is 2.24. The summed E-state index contributed by atoms with van der Waals surface area (Å²) in [6.07, 6.45) is 2.61. The molecule has 1 aliphatic rings. The van der Waals surface area contributed by atoms with E-state index < -0.39 is 5.91 Å². The van der Waals surface area contributed by atoms with E-state index in [4.69, 9.17) is 4.42 Å². The molecule has 0 radical (unpaired) electrons. The van der Waals surface area contributed by atoms with Crippen LogP contribution < -0.4 is 5.43 Å². The molecule has 1 heterocycles. The third-order valence-electron chi connectivity index (χ3n) is 3.63. The van der Waals surface area contributed by atoms with E-state index in [-0.39, 0.29) is 11.3 Å². The summed E-state index contributed by atoms with van der Waals surface area (Å²) < 4.78 is 5.64. The number of carbonyl (C=O) groups is 1. The molecule has 0 aliphatic heterocycles. The summed E-state index contributed by atoms with van der Waals surface area (Å²) in [4.78, 5) is 11.8. The van der Waals surface area contributed by atoms with Crippen LogP contribution in [0.3, 0.4) is 0 Å². The Morgan fingerprint density at radius 3 is 2.86 bits per heavy atom. The van der Waals surface area contributed by atoms with Crippen molar-refractivity contribution >= 4 is 12.1 Å². The van der Waals surface area contributed by atoms with Gasteiger partial charge in [-0.05, 0) is 36.6 Å². The Kier molecular flexibility index (Phi) is 3.48. The number of nitrogens with zero attached hydrogens (tertiary/aromatic N) is 1. The predicted octanol–water partition coefficient (Wildman–Crippen LogP) is 2.87. The lowest BCUT2D eigenvalue weighted by Gasteiger charge is -2.01. The van der Waals surface area contributed by atoms with E-state index in [1.165, 1.54) is 18.3 Å². The molecule has 5 heteroatoms. The van der Waals surface area contributed by atoms with Gasteiger partial charge in [0.05, 0.1) is 11.8 Å². The minimum atomic E-state index is -0.466. The third-order valence-corrected chi connectivity index (χ3v) is 3.63. The molecule has 1 amide bonds. The zero-order valence-electron chi connectivity index (χ0n) is 11.6. The number of amides is 1. The largest absolute Gasteiger partial charge is 0.507 e. The van der Waals surface area contributed by atoms with Crippen molar-refractivity contribution in [1.82, 2.24) is 5.43 Å². The van der Waals surface area contributed by atoms with Gasteiger partial charge in [-0.25, -0.2) is 5.43 Å². The zero-order chi connectivity index (χ0) is 14.8. The van der Waals surface area contributed by atoms with Crippen molar-refractivity contribution in [3.05, 3.63) is 53.5 Å². The van der Waals surface area contributed by atoms with Gasteiger partial charge in [-0.15, -0.1) is 0 Å². The molecular weight excluding hydrogens is 268 g/mol. The molecule has 2 N–H and O–H groups in total. The number of hydrazone groups is 1. The first-order chi connectivity index (χ1) is 10.1. The number of rotatable bonds is 4. The monoisotopic (exact) mass is 284 g/mol. The minimum absolute atomic E-state index is 0.0757. The van der Waals surface area contributed by atoms with E-state index in [1.807, 2.05) is 12.1 Å². The first kappa shape index (κ1) is 13.4. The Labute approximate surface area is 122 Å². The van der Waals surface area contributed by atoms with Gasteiger partial charge in [0.25, 0.3) is 5.91 Å². The molecule has 1 aromatic carbocycles. The Morgan fingerprint density at radius 2 is 2.14 bits per heavy atom. The molecule has 2 aromatic rings. The van der Waals surface area contributed by atoms with Gasteiger partial charge < -0.3 is 9.52 Å². The van der Waals surface area contributed by atoms with E-state index in [1.54, 1.807) is 12.1 Å². The van der Waals surface area contributed by atoms with Crippen molar-refractivity contribution in [2.24, 2.45) is 11.0 Å². The Morgan fingerprint density at radius 1 is 1.38 bits per heavy atom. The highest BCUT2D eigenvalue weighted by Crippen LogP contribution is 2.47. The van der Waals surface area contributed by atoms with Gasteiger partial charge in [-0.1, -0.05) is 19.1 Å². The molecule has 1 aliphatic carbocycles. The van der Waals surface area contributed by atoms with Crippen LogP contribution in [0.4, 0.5) is 0 Å². The van der Waals surface area contributed by atoms with E-state index in [0.717, 1.165) is 12.2 Å². The van der Waals surface area contributed by atoms with E-state index in [9.17, 15) is 9.90 Å². The van der Waals surface area contributed by atoms with Gasteiger partial charge in [-0.3, -0.25) is 4.79 Å². The van der Waals surface area contributed by atoms with Crippen molar-refractivity contribution in [3.8, 4) is 5.75 Å². The van der Waals surface area contributed by atoms with Crippen molar-refractivity contribution in [2.45, 2.75) is 19.3 Å². The topological polar surface area (TPSA) is 74.8 Å².